The largest absolute Gasteiger partial charge is 0.758 e. The normalized spacial score (nSPS) is 12.1. The summed E-state index contributed by atoms with van der Waals surface area (Å²) in [6.45, 7) is 0. The monoisotopic (exact) mass is 216 g/mol. The molecule has 0 aromatic heterocycles. The zero-order valence-electron chi connectivity index (χ0n) is 6.80. The number of benzene rings is 1. The van der Waals surface area contributed by atoms with E-state index in [4.69, 9.17) is 5.11 Å². The Kier molecular flexibility index (Phi) is 3.57. The second-order valence-electron chi connectivity index (χ2n) is 2.22. The van der Waals surface area contributed by atoms with E-state index in [-0.39, 0.29) is 11.3 Å². The Morgan fingerprint density at radius 1 is 1.50 bits per heavy atom. The Morgan fingerprint density at radius 2 is 2.14 bits per heavy atom. The Labute approximate surface area is 81.9 Å². The third kappa shape index (κ3) is 2.80. The molecule has 0 spiro atoms. The quantitative estimate of drug-likeness (QED) is 0.540. The molecule has 6 nitrogen and oxygen atoms in total. The number of hydrogen-bond acceptors (Lipinski definition) is 5. The van der Waals surface area contributed by atoms with Gasteiger partial charge in [0.15, 0.2) is 0 Å². The minimum atomic E-state index is -2.69. The number of rotatable bonds is 3. The minimum Gasteiger partial charge on any atom is -0.758 e. The summed E-state index contributed by atoms with van der Waals surface area (Å²) in [4.78, 5) is 16.6. The number of carbonyl (C=O) groups is 1. The van der Waals surface area contributed by atoms with Crippen LogP contribution in [0.15, 0.2) is 24.3 Å². The van der Waals surface area contributed by atoms with Gasteiger partial charge in [-0.15, -0.1) is 0 Å². The molecule has 0 aliphatic heterocycles. The first kappa shape index (κ1) is 10.6. The number of aromatic hydroxyl groups is 1. The lowest BCUT2D eigenvalue weighted by atomic mass is 10.2. The van der Waals surface area contributed by atoms with Gasteiger partial charge in [0.2, 0.25) is 0 Å². The van der Waals surface area contributed by atoms with Crippen molar-refractivity contribution in [3.8, 4) is 5.75 Å². The SMILES string of the molecule is O=C(ONS(=O)[O-])c1ccccc1O. The minimum absolute atomic E-state index is 0.120. The van der Waals surface area contributed by atoms with Gasteiger partial charge in [-0.2, -0.15) is 0 Å². The van der Waals surface area contributed by atoms with Gasteiger partial charge in [-0.05, 0) is 12.1 Å². The summed E-state index contributed by atoms with van der Waals surface area (Å²) in [5, 5.41) is 9.16. The molecule has 1 atom stereocenters. The van der Waals surface area contributed by atoms with E-state index in [9.17, 15) is 13.6 Å². The number of carbonyl (C=O) groups excluding carboxylic acids is 1. The number of para-hydroxylation sites is 1. The van der Waals surface area contributed by atoms with Crippen LogP contribution in [0, 0.1) is 0 Å². The predicted octanol–water partition coefficient (Wildman–Crippen LogP) is -0.152. The first-order valence-electron chi connectivity index (χ1n) is 3.45. The molecule has 0 bridgehead atoms. The highest BCUT2D eigenvalue weighted by molar-refractivity contribution is 7.76. The van der Waals surface area contributed by atoms with Crippen molar-refractivity contribution in [2.45, 2.75) is 0 Å². The molecule has 1 aromatic carbocycles. The van der Waals surface area contributed by atoms with E-state index in [1.165, 1.54) is 29.2 Å². The van der Waals surface area contributed by atoms with Crippen molar-refractivity contribution in [2.24, 2.45) is 0 Å². The molecule has 0 aliphatic carbocycles. The molecule has 1 aromatic rings. The van der Waals surface area contributed by atoms with Crippen molar-refractivity contribution in [1.82, 2.24) is 4.89 Å². The molecule has 0 fully saturated rings. The van der Waals surface area contributed by atoms with Crippen LogP contribution in [-0.4, -0.2) is 19.8 Å². The van der Waals surface area contributed by atoms with Gasteiger partial charge in [0.05, 0.1) is 11.3 Å². The molecule has 2 N–H and O–H groups in total. The molecule has 14 heavy (non-hydrogen) atoms. The molecule has 0 amide bonds. The maximum Gasteiger partial charge on any atom is 0.361 e. The Hall–Kier alpha value is -1.44. The highest BCUT2D eigenvalue weighted by atomic mass is 32.2. The van der Waals surface area contributed by atoms with Crippen LogP contribution >= 0.6 is 0 Å². The second-order valence-corrected chi connectivity index (χ2v) is 2.86. The van der Waals surface area contributed by atoms with E-state index >= 15 is 0 Å². The molecule has 7 heteroatoms. The molecular formula is C7H6NO5S-. The van der Waals surface area contributed by atoms with Gasteiger partial charge in [-0.3, -0.25) is 4.21 Å². The van der Waals surface area contributed by atoms with Crippen molar-refractivity contribution in [1.29, 1.82) is 0 Å². The van der Waals surface area contributed by atoms with Crippen LogP contribution < -0.4 is 4.89 Å². The van der Waals surface area contributed by atoms with E-state index < -0.39 is 17.2 Å². The van der Waals surface area contributed by atoms with E-state index in [1.807, 2.05) is 0 Å². The summed E-state index contributed by atoms with van der Waals surface area (Å²) in [6.07, 6.45) is 0. The summed E-state index contributed by atoms with van der Waals surface area (Å²) in [6, 6.07) is 5.60. The molecule has 0 saturated carbocycles. The third-order valence-corrected chi connectivity index (χ3v) is 1.55. The topological polar surface area (TPSA) is 98.7 Å². The zero-order valence-corrected chi connectivity index (χ0v) is 7.61. The van der Waals surface area contributed by atoms with Crippen molar-refractivity contribution in [3.63, 3.8) is 0 Å². The average Bonchev–Trinajstić information content (AvgIpc) is 2.15. The molecule has 76 valence electrons. The molecule has 0 radical (unpaired) electrons. The molecule has 0 aliphatic rings. The maximum absolute atomic E-state index is 11.1. The standard InChI is InChI=1S/C7H7NO5S/c9-6-4-2-1-3-5(6)7(10)13-8-14(11)12/h1-4,8-9H,(H,11,12)/p-1. The first-order valence-corrected chi connectivity index (χ1v) is 4.53. The fourth-order valence-corrected chi connectivity index (χ4v) is 0.917. The molecule has 0 saturated heterocycles. The highest BCUT2D eigenvalue weighted by Gasteiger charge is 2.11. The van der Waals surface area contributed by atoms with Crippen LogP contribution in [0.1, 0.15) is 10.4 Å². The third-order valence-electron chi connectivity index (χ3n) is 1.33. The number of phenols is 1. The summed E-state index contributed by atoms with van der Waals surface area (Å²) < 4.78 is 19.9. The van der Waals surface area contributed by atoms with Crippen molar-refractivity contribution < 1.29 is 23.5 Å². The lowest BCUT2D eigenvalue weighted by Gasteiger charge is -2.07. The van der Waals surface area contributed by atoms with Crippen molar-refractivity contribution >= 4 is 17.2 Å². The van der Waals surface area contributed by atoms with Gasteiger partial charge in [-0.25, -0.2) is 4.79 Å². The number of phenolic OH excluding ortho intramolecular Hbond substituents is 1. The van der Waals surface area contributed by atoms with Crippen LogP contribution in [-0.2, 0) is 16.1 Å². The summed E-state index contributed by atoms with van der Waals surface area (Å²) in [5.74, 6) is -1.26. The molecular weight excluding hydrogens is 210 g/mol. The van der Waals surface area contributed by atoms with Crippen molar-refractivity contribution in [3.05, 3.63) is 29.8 Å². The van der Waals surface area contributed by atoms with Gasteiger partial charge >= 0.3 is 5.97 Å². The van der Waals surface area contributed by atoms with Crippen LogP contribution in [0.2, 0.25) is 0 Å². The maximum atomic E-state index is 11.1. The van der Waals surface area contributed by atoms with E-state index in [1.54, 1.807) is 0 Å². The first-order chi connectivity index (χ1) is 6.61. The summed E-state index contributed by atoms with van der Waals surface area (Å²) in [7, 11) is 0. The zero-order chi connectivity index (χ0) is 10.6. The number of hydrogen-bond donors (Lipinski definition) is 2. The lowest BCUT2D eigenvalue weighted by molar-refractivity contribution is 0.0400. The van der Waals surface area contributed by atoms with Gasteiger partial charge in [0.25, 0.3) is 0 Å². The van der Waals surface area contributed by atoms with Crippen LogP contribution in [0.25, 0.3) is 0 Å². The van der Waals surface area contributed by atoms with Crippen LogP contribution in [0.3, 0.4) is 0 Å². The smallest absolute Gasteiger partial charge is 0.361 e. The van der Waals surface area contributed by atoms with Crippen LogP contribution in [0.4, 0.5) is 0 Å². The average molecular weight is 216 g/mol. The summed E-state index contributed by atoms with van der Waals surface area (Å²) >= 11 is -2.69. The predicted molar refractivity (Wildman–Crippen MR) is 45.6 cm³/mol. The Balaban J connectivity index is 2.70. The Morgan fingerprint density at radius 3 is 2.71 bits per heavy atom. The van der Waals surface area contributed by atoms with Gasteiger partial charge < -0.3 is 14.5 Å². The number of nitrogens with one attached hydrogen (secondary N) is 1. The molecule has 1 unspecified atom stereocenters. The fourth-order valence-electron chi connectivity index (χ4n) is 0.773. The van der Waals surface area contributed by atoms with Crippen molar-refractivity contribution in [2.75, 3.05) is 0 Å². The molecule has 1 rings (SSSR count). The van der Waals surface area contributed by atoms with E-state index in [0.29, 0.717) is 0 Å². The van der Waals surface area contributed by atoms with E-state index in [0.717, 1.165) is 0 Å². The highest BCUT2D eigenvalue weighted by Crippen LogP contribution is 2.15. The summed E-state index contributed by atoms with van der Waals surface area (Å²) in [5.41, 5.74) is -0.120. The fraction of sp³-hybridized carbons (Fsp3) is 0. The van der Waals surface area contributed by atoms with Gasteiger partial charge in [0.1, 0.15) is 11.3 Å². The molecule has 0 heterocycles. The second kappa shape index (κ2) is 4.70. The van der Waals surface area contributed by atoms with Crippen LogP contribution in [0.5, 0.6) is 5.75 Å². The Bertz CT molecular complexity index is 367. The van der Waals surface area contributed by atoms with E-state index in [2.05, 4.69) is 4.84 Å². The lowest BCUT2D eigenvalue weighted by Crippen LogP contribution is -2.21. The van der Waals surface area contributed by atoms with Gasteiger partial charge in [0, 0.05) is 0 Å². The van der Waals surface area contributed by atoms with Gasteiger partial charge in [-0.1, -0.05) is 17.0 Å².